The zero-order chi connectivity index (χ0) is 16.4. The number of carbonyl (C=O) groups excluding carboxylic acids is 1. The number of hydrogen-bond acceptors (Lipinski definition) is 3. The van der Waals surface area contributed by atoms with Gasteiger partial charge in [-0.1, -0.05) is 35.3 Å². The molecule has 0 N–H and O–H groups in total. The molecule has 1 aliphatic rings. The molecule has 0 spiro atoms. The van der Waals surface area contributed by atoms with Gasteiger partial charge in [-0.15, -0.1) is 0 Å². The fourth-order valence-corrected chi connectivity index (χ4v) is 2.77. The van der Waals surface area contributed by atoms with Gasteiger partial charge < -0.3 is 4.90 Å². The number of rotatable bonds is 2. The monoisotopic (exact) mass is 347 g/mol. The van der Waals surface area contributed by atoms with Gasteiger partial charge in [0, 0.05) is 19.3 Å². The van der Waals surface area contributed by atoms with E-state index in [1.165, 1.54) is 11.8 Å². The van der Waals surface area contributed by atoms with Gasteiger partial charge in [-0.25, -0.2) is 4.98 Å². The molecule has 0 atom stereocenters. The minimum absolute atomic E-state index is 0.0954. The van der Waals surface area contributed by atoms with Crippen molar-refractivity contribution in [3.8, 4) is 0 Å². The molecule has 23 heavy (non-hydrogen) atoms. The number of amides is 1. The van der Waals surface area contributed by atoms with Crippen LogP contribution in [0.1, 0.15) is 28.2 Å². The molecule has 0 fully saturated rings. The van der Waals surface area contributed by atoms with E-state index in [0.29, 0.717) is 28.8 Å². The molecule has 118 valence electrons. The van der Waals surface area contributed by atoms with Gasteiger partial charge in [-0.2, -0.15) is 0 Å². The number of halogens is 2. The maximum atomic E-state index is 12.4. The Bertz CT molecular complexity index is 772. The predicted molar refractivity (Wildman–Crippen MR) is 91.7 cm³/mol. The highest BCUT2D eigenvalue weighted by atomic mass is 35.5. The van der Waals surface area contributed by atoms with E-state index in [0.717, 1.165) is 17.7 Å². The van der Waals surface area contributed by atoms with Crippen molar-refractivity contribution >= 4 is 34.7 Å². The summed E-state index contributed by atoms with van der Waals surface area (Å²) in [6, 6.07) is 5.60. The lowest BCUT2D eigenvalue weighted by atomic mass is 9.99. The van der Waals surface area contributed by atoms with Crippen molar-refractivity contribution in [2.24, 2.45) is 0 Å². The van der Waals surface area contributed by atoms with Crippen molar-refractivity contribution in [1.82, 2.24) is 14.9 Å². The number of nitrogens with zero attached hydrogens (tertiary/aromatic N) is 3. The summed E-state index contributed by atoms with van der Waals surface area (Å²) in [6.45, 7) is 3.03. The van der Waals surface area contributed by atoms with Crippen molar-refractivity contribution in [2.75, 3.05) is 13.1 Å². The molecule has 0 radical (unpaired) electrons. The van der Waals surface area contributed by atoms with Crippen LogP contribution in [-0.4, -0.2) is 33.9 Å². The lowest BCUT2D eigenvalue weighted by molar-refractivity contribution is 0.0766. The van der Waals surface area contributed by atoms with Crippen LogP contribution in [0.4, 0.5) is 0 Å². The van der Waals surface area contributed by atoms with E-state index in [-0.39, 0.29) is 5.91 Å². The van der Waals surface area contributed by atoms with E-state index >= 15 is 0 Å². The Hall–Kier alpha value is -1.91. The van der Waals surface area contributed by atoms with Gasteiger partial charge >= 0.3 is 0 Å². The second-order valence-electron chi connectivity index (χ2n) is 5.40. The Labute approximate surface area is 144 Å². The molecule has 3 rings (SSSR count). The van der Waals surface area contributed by atoms with E-state index in [2.05, 4.69) is 9.97 Å². The standard InChI is InChI=1S/C17H15Cl2N3O/c1-11-9-21-16(10-20-11)17(23)22-6-4-12(5-7-22)13-2-3-14(18)15(19)8-13/h2-4,8-10H,5-7H2,1H3. The summed E-state index contributed by atoms with van der Waals surface area (Å²) in [6.07, 6.45) is 5.94. The van der Waals surface area contributed by atoms with Crippen molar-refractivity contribution < 1.29 is 4.79 Å². The summed E-state index contributed by atoms with van der Waals surface area (Å²) in [5.74, 6) is -0.0954. The third kappa shape index (κ3) is 3.54. The second kappa shape index (κ2) is 6.69. The van der Waals surface area contributed by atoms with Gasteiger partial charge in [-0.05, 0) is 36.6 Å². The lowest BCUT2D eigenvalue weighted by Crippen LogP contribution is -2.35. The molecule has 4 nitrogen and oxygen atoms in total. The highest BCUT2D eigenvalue weighted by molar-refractivity contribution is 6.42. The van der Waals surface area contributed by atoms with Crippen molar-refractivity contribution in [3.05, 3.63) is 63.7 Å². The molecule has 0 aliphatic carbocycles. The van der Waals surface area contributed by atoms with Crippen LogP contribution >= 0.6 is 23.2 Å². The molecule has 6 heteroatoms. The molecular weight excluding hydrogens is 333 g/mol. The zero-order valence-corrected chi connectivity index (χ0v) is 14.1. The van der Waals surface area contributed by atoms with Crippen molar-refractivity contribution in [2.45, 2.75) is 13.3 Å². The van der Waals surface area contributed by atoms with E-state index in [1.54, 1.807) is 17.2 Å². The minimum Gasteiger partial charge on any atom is -0.333 e. The third-order valence-electron chi connectivity index (χ3n) is 3.79. The zero-order valence-electron chi connectivity index (χ0n) is 12.6. The first kappa shape index (κ1) is 16.0. The average molecular weight is 348 g/mol. The lowest BCUT2D eigenvalue weighted by Gasteiger charge is -2.26. The van der Waals surface area contributed by atoms with Crippen LogP contribution in [0.5, 0.6) is 0 Å². The molecule has 0 saturated heterocycles. The summed E-state index contributed by atoms with van der Waals surface area (Å²) in [7, 11) is 0. The van der Waals surface area contributed by atoms with Crippen LogP contribution in [0, 0.1) is 6.92 Å². The molecule has 0 saturated carbocycles. The molecule has 2 heterocycles. The number of benzene rings is 1. The highest BCUT2D eigenvalue weighted by Gasteiger charge is 2.20. The molecule has 0 bridgehead atoms. The molecule has 1 aromatic carbocycles. The van der Waals surface area contributed by atoms with E-state index < -0.39 is 0 Å². The Kier molecular flexibility index (Phi) is 4.64. The maximum absolute atomic E-state index is 12.4. The molecule has 2 aromatic rings. The largest absolute Gasteiger partial charge is 0.333 e. The predicted octanol–water partition coefficient (Wildman–Crippen LogP) is 4.02. The second-order valence-corrected chi connectivity index (χ2v) is 6.22. The summed E-state index contributed by atoms with van der Waals surface area (Å²) >= 11 is 12.0. The Balaban J connectivity index is 1.73. The molecule has 0 unspecified atom stereocenters. The quantitative estimate of drug-likeness (QED) is 0.823. The fourth-order valence-electron chi connectivity index (χ4n) is 2.48. The van der Waals surface area contributed by atoms with Gasteiger partial charge in [0.1, 0.15) is 5.69 Å². The molecular formula is C17H15Cl2N3O. The van der Waals surface area contributed by atoms with Crippen LogP contribution < -0.4 is 0 Å². The normalized spacial score (nSPS) is 14.6. The summed E-state index contributed by atoms with van der Waals surface area (Å²) < 4.78 is 0. The SMILES string of the molecule is Cc1cnc(C(=O)N2CC=C(c3ccc(Cl)c(Cl)c3)CC2)cn1. The maximum Gasteiger partial charge on any atom is 0.274 e. The minimum atomic E-state index is -0.0954. The average Bonchev–Trinajstić information content (AvgIpc) is 2.57. The first-order valence-electron chi connectivity index (χ1n) is 7.27. The number of aryl methyl sites for hydroxylation is 1. The van der Waals surface area contributed by atoms with Crippen LogP contribution in [-0.2, 0) is 0 Å². The summed E-state index contributed by atoms with van der Waals surface area (Å²) in [4.78, 5) is 22.4. The van der Waals surface area contributed by atoms with Gasteiger partial charge in [0.15, 0.2) is 0 Å². The van der Waals surface area contributed by atoms with Crippen LogP contribution in [0.2, 0.25) is 10.0 Å². The van der Waals surface area contributed by atoms with Gasteiger partial charge in [0.05, 0.1) is 21.9 Å². The van der Waals surface area contributed by atoms with Gasteiger partial charge in [0.25, 0.3) is 5.91 Å². The topological polar surface area (TPSA) is 46.1 Å². The first-order chi connectivity index (χ1) is 11.0. The molecule has 1 amide bonds. The third-order valence-corrected chi connectivity index (χ3v) is 4.53. The van der Waals surface area contributed by atoms with Crippen molar-refractivity contribution in [1.29, 1.82) is 0 Å². The Morgan fingerprint density at radius 2 is 2.00 bits per heavy atom. The van der Waals surface area contributed by atoms with Gasteiger partial charge in [0.2, 0.25) is 0 Å². The number of carbonyl (C=O) groups is 1. The van der Waals surface area contributed by atoms with E-state index in [4.69, 9.17) is 23.2 Å². The molecule has 1 aromatic heterocycles. The first-order valence-corrected chi connectivity index (χ1v) is 8.02. The Morgan fingerprint density at radius 1 is 1.17 bits per heavy atom. The summed E-state index contributed by atoms with van der Waals surface area (Å²) in [5, 5.41) is 1.08. The molecule has 1 aliphatic heterocycles. The van der Waals surface area contributed by atoms with E-state index in [9.17, 15) is 4.79 Å². The number of hydrogen-bond donors (Lipinski definition) is 0. The fraction of sp³-hybridized carbons (Fsp3) is 0.235. The van der Waals surface area contributed by atoms with E-state index in [1.807, 2.05) is 25.1 Å². The van der Waals surface area contributed by atoms with Gasteiger partial charge in [-0.3, -0.25) is 9.78 Å². The smallest absolute Gasteiger partial charge is 0.274 e. The number of aromatic nitrogens is 2. The van der Waals surface area contributed by atoms with Crippen LogP contribution in [0.3, 0.4) is 0 Å². The Morgan fingerprint density at radius 3 is 2.61 bits per heavy atom. The van der Waals surface area contributed by atoms with Crippen LogP contribution in [0.15, 0.2) is 36.7 Å². The van der Waals surface area contributed by atoms with Crippen LogP contribution in [0.25, 0.3) is 5.57 Å². The van der Waals surface area contributed by atoms with Crippen molar-refractivity contribution in [3.63, 3.8) is 0 Å². The summed E-state index contributed by atoms with van der Waals surface area (Å²) in [5.41, 5.74) is 3.38. The highest BCUT2D eigenvalue weighted by Crippen LogP contribution is 2.29.